The van der Waals surface area contributed by atoms with E-state index >= 15 is 0 Å². The van der Waals surface area contributed by atoms with Crippen molar-refractivity contribution in [3.8, 4) is 0 Å². The van der Waals surface area contributed by atoms with Crippen molar-refractivity contribution in [3.63, 3.8) is 0 Å². The molecule has 0 aromatic heterocycles. The van der Waals surface area contributed by atoms with E-state index in [2.05, 4.69) is 5.10 Å². The van der Waals surface area contributed by atoms with Crippen LogP contribution in [0.3, 0.4) is 0 Å². The Morgan fingerprint density at radius 2 is 2.19 bits per heavy atom. The maximum Gasteiger partial charge on any atom is 0.248 e. The van der Waals surface area contributed by atoms with Gasteiger partial charge in [0, 0.05) is 5.71 Å². The zero-order valence-electron chi connectivity index (χ0n) is 9.56. The predicted molar refractivity (Wildman–Crippen MR) is 60.9 cm³/mol. The molecule has 0 aliphatic carbocycles. The highest BCUT2D eigenvalue weighted by Gasteiger charge is 2.47. The number of carbonyl (C=O) groups is 1. The third kappa shape index (κ3) is 1.86. The van der Waals surface area contributed by atoms with Crippen molar-refractivity contribution in [2.45, 2.75) is 38.6 Å². The number of amides is 1. The molecule has 1 unspecified atom stereocenters. The number of hydrazone groups is 1. The van der Waals surface area contributed by atoms with Gasteiger partial charge < -0.3 is 0 Å². The zero-order valence-corrected chi connectivity index (χ0v) is 10.4. The van der Waals surface area contributed by atoms with Crippen molar-refractivity contribution in [2.24, 2.45) is 5.10 Å². The van der Waals surface area contributed by atoms with Crippen LogP contribution in [-0.2, 0) is 14.6 Å². The molecule has 1 atom stereocenters. The van der Waals surface area contributed by atoms with Crippen molar-refractivity contribution >= 4 is 21.5 Å². The second-order valence-electron chi connectivity index (χ2n) is 4.74. The second kappa shape index (κ2) is 3.55. The smallest absolute Gasteiger partial charge is 0.248 e. The second-order valence-corrected chi connectivity index (χ2v) is 6.93. The molecule has 2 aliphatic heterocycles. The number of carbonyl (C=O) groups excluding carboxylic acids is 1. The summed E-state index contributed by atoms with van der Waals surface area (Å²) in [6.45, 7) is 3.75. The lowest BCUT2D eigenvalue weighted by molar-refractivity contribution is -0.133. The Morgan fingerprint density at radius 3 is 2.62 bits per heavy atom. The largest absolute Gasteiger partial charge is 0.273 e. The molecule has 0 aromatic carbocycles. The summed E-state index contributed by atoms with van der Waals surface area (Å²) < 4.78 is 22.9. The molecule has 5 nitrogen and oxygen atoms in total. The van der Waals surface area contributed by atoms with Gasteiger partial charge in [-0.05, 0) is 19.8 Å². The minimum absolute atomic E-state index is 0.0340. The minimum Gasteiger partial charge on any atom is -0.273 e. The maximum absolute atomic E-state index is 11.8. The van der Waals surface area contributed by atoms with Crippen LogP contribution in [0, 0.1) is 0 Å². The number of nitrogens with zero attached hydrogens (tertiary/aromatic N) is 2. The van der Waals surface area contributed by atoms with Crippen LogP contribution in [-0.4, -0.2) is 42.1 Å². The first-order valence-corrected chi connectivity index (χ1v) is 7.28. The highest BCUT2D eigenvalue weighted by molar-refractivity contribution is 7.91. The van der Waals surface area contributed by atoms with Crippen LogP contribution in [0.5, 0.6) is 0 Å². The fourth-order valence-corrected chi connectivity index (χ4v) is 4.37. The maximum atomic E-state index is 11.8. The van der Waals surface area contributed by atoms with Crippen LogP contribution in [0.2, 0.25) is 0 Å². The first kappa shape index (κ1) is 11.6. The fraction of sp³-hybridized carbons (Fsp3) is 0.800. The molecular formula is C10H16N2O3S. The lowest BCUT2D eigenvalue weighted by Gasteiger charge is -2.30. The van der Waals surface area contributed by atoms with E-state index in [1.807, 2.05) is 6.92 Å². The molecule has 0 saturated carbocycles. The Labute approximate surface area is 95.4 Å². The van der Waals surface area contributed by atoms with E-state index in [0.717, 1.165) is 12.1 Å². The van der Waals surface area contributed by atoms with Gasteiger partial charge in [-0.2, -0.15) is 5.10 Å². The molecule has 1 fully saturated rings. The molecule has 0 spiro atoms. The molecule has 2 aliphatic rings. The summed E-state index contributed by atoms with van der Waals surface area (Å²) in [4.78, 5) is 11.8. The average molecular weight is 244 g/mol. The molecule has 6 heteroatoms. The van der Waals surface area contributed by atoms with Crippen molar-refractivity contribution in [2.75, 3.05) is 11.5 Å². The van der Waals surface area contributed by atoms with E-state index in [1.165, 1.54) is 5.01 Å². The summed E-state index contributed by atoms with van der Waals surface area (Å²) in [5.74, 6) is 0.118. The standard InChI is InChI=1S/C10H16N2O3S/c1-3-8-6-9(13)12(11-8)10(2)4-5-16(14,15)7-10/h3-7H2,1-2H3. The lowest BCUT2D eigenvalue weighted by atomic mass is 10.0. The third-order valence-electron chi connectivity index (χ3n) is 3.23. The van der Waals surface area contributed by atoms with Gasteiger partial charge in [-0.25, -0.2) is 13.4 Å². The molecule has 90 valence electrons. The van der Waals surface area contributed by atoms with E-state index < -0.39 is 15.4 Å². The highest BCUT2D eigenvalue weighted by atomic mass is 32.2. The van der Waals surface area contributed by atoms with Gasteiger partial charge in [0.25, 0.3) is 0 Å². The molecule has 0 radical (unpaired) electrons. The van der Waals surface area contributed by atoms with E-state index in [-0.39, 0.29) is 17.4 Å². The third-order valence-corrected chi connectivity index (χ3v) is 5.12. The number of sulfone groups is 1. The molecule has 0 bridgehead atoms. The molecule has 1 amide bonds. The monoisotopic (exact) mass is 244 g/mol. The van der Waals surface area contributed by atoms with Crippen molar-refractivity contribution < 1.29 is 13.2 Å². The summed E-state index contributed by atoms with van der Waals surface area (Å²) in [5, 5.41) is 5.64. The molecule has 2 heterocycles. The van der Waals surface area contributed by atoms with Gasteiger partial charge in [-0.3, -0.25) is 4.79 Å². The van der Waals surface area contributed by atoms with Gasteiger partial charge >= 0.3 is 0 Å². The van der Waals surface area contributed by atoms with Crippen LogP contribution < -0.4 is 0 Å². The summed E-state index contributed by atoms with van der Waals surface area (Å²) in [6.07, 6.45) is 1.57. The molecular weight excluding hydrogens is 228 g/mol. The number of hydrogen-bond donors (Lipinski definition) is 0. The topological polar surface area (TPSA) is 66.8 Å². The van der Waals surface area contributed by atoms with E-state index in [0.29, 0.717) is 12.8 Å². The molecule has 16 heavy (non-hydrogen) atoms. The van der Waals surface area contributed by atoms with Crippen LogP contribution in [0.1, 0.15) is 33.1 Å². The summed E-state index contributed by atoms with van der Waals surface area (Å²) in [7, 11) is -3.00. The van der Waals surface area contributed by atoms with Crippen molar-refractivity contribution in [1.82, 2.24) is 5.01 Å². The number of rotatable bonds is 2. The van der Waals surface area contributed by atoms with Crippen molar-refractivity contribution in [3.05, 3.63) is 0 Å². The Balaban J connectivity index is 2.26. The SMILES string of the molecule is CCC1=NN(C2(C)CCS(=O)(=O)C2)C(=O)C1. The minimum atomic E-state index is -3.00. The zero-order chi connectivity index (χ0) is 12.0. The summed E-state index contributed by atoms with van der Waals surface area (Å²) >= 11 is 0. The normalized spacial score (nSPS) is 33.2. The Kier molecular flexibility index (Phi) is 2.57. The first-order chi connectivity index (χ1) is 7.36. The van der Waals surface area contributed by atoms with Crippen molar-refractivity contribution in [1.29, 1.82) is 0 Å². The fourth-order valence-electron chi connectivity index (χ4n) is 2.26. The Bertz CT molecular complexity index is 455. The summed E-state index contributed by atoms with van der Waals surface area (Å²) in [5.41, 5.74) is 0.211. The van der Waals surface area contributed by atoms with E-state index in [9.17, 15) is 13.2 Å². The lowest BCUT2D eigenvalue weighted by Crippen LogP contribution is -2.45. The van der Waals surface area contributed by atoms with Gasteiger partial charge in [-0.15, -0.1) is 0 Å². The van der Waals surface area contributed by atoms with E-state index in [1.54, 1.807) is 6.92 Å². The molecule has 1 saturated heterocycles. The van der Waals surface area contributed by atoms with Gasteiger partial charge in [0.2, 0.25) is 5.91 Å². The van der Waals surface area contributed by atoms with Gasteiger partial charge in [0.05, 0.1) is 23.5 Å². The average Bonchev–Trinajstić information content (AvgIpc) is 2.68. The van der Waals surface area contributed by atoms with Crippen LogP contribution in [0.25, 0.3) is 0 Å². The Hall–Kier alpha value is -0.910. The highest BCUT2D eigenvalue weighted by Crippen LogP contribution is 2.32. The number of hydrogen-bond acceptors (Lipinski definition) is 4. The van der Waals surface area contributed by atoms with Crippen LogP contribution in [0.15, 0.2) is 5.10 Å². The first-order valence-electron chi connectivity index (χ1n) is 5.46. The predicted octanol–water partition coefficient (Wildman–Crippen LogP) is 0.562. The van der Waals surface area contributed by atoms with E-state index in [4.69, 9.17) is 0 Å². The van der Waals surface area contributed by atoms with Crippen LogP contribution >= 0.6 is 0 Å². The van der Waals surface area contributed by atoms with Gasteiger partial charge in [0.1, 0.15) is 0 Å². The molecule has 0 aromatic rings. The summed E-state index contributed by atoms with van der Waals surface area (Å²) in [6, 6.07) is 0. The van der Waals surface area contributed by atoms with Gasteiger partial charge in [-0.1, -0.05) is 6.92 Å². The van der Waals surface area contributed by atoms with Crippen LogP contribution in [0.4, 0.5) is 0 Å². The van der Waals surface area contributed by atoms with Gasteiger partial charge in [0.15, 0.2) is 9.84 Å². The molecule has 0 N–H and O–H groups in total. The Morgan fingerprint density at radius 1 is 1.50 bits per heavy atom. The quantitative estimate of drug-likeness (QED) is 0.713. The molecule has 2 rings (SSSR count).